The zero-order valence-corrected chi connectivity index (χ0v) is 14.3. The van der Waals surface area contributed by atoms with Crippen molar-refractivity contribution >= 4 is 17.6 Å². The van der Waals surface area contributed by atoms with Crippen LogP contribution in [-0.4, -0.2) is 35.4 Å². The number of aromatic nitrogens is 2. The molecule has 0 fully saturated rings. The zero-order valence-electron chi connectivity index (χ0n) is 14.3. The van der Waals surface area contributed by atoms with Crippen LogP contribution in [0.15, 0.2) is 24.3 Å². The molecule has 1 N–H and O–H groups in total. The molecule has 2 rings (SSSR count). The third kappa shape index (κ3) is 4.13. The number of carbonyl (C=O) groups excluding carboxylic acids is 2. The largest absolute Gasteiger partial charge is 0.496 e. The zero-order chi connectivity index (χ0) is 17.7. The van der Waals surface area contributed by atoms with E-state index >= 15 is 0 Å². The fraction of sp³-hybridized carbons (Fsp3) is 0.353. The highest BCUT2D eigenvalue weighted by molar-refractivity contribution is 5.93. The summed E-state index contributed by atoms with van der Waals surface area (Å²) >= 11 is 0. The Labute approximate surface area is 140 Å². The molecule has 0 bridgehead atoms. The fourth-order valence-corrected chi connectivity index (χ4v) is 2.33. The van der Waals surface area contributed by atoms with E-state index < -0.39 is 11.9 Å². The van der Waals surface area contributed by atoms with E-state index in [9.17, 15) is 9.59 Å². The number of ether oxygens (including phenoxy) is 2. The van der Waals surface area contributed by atoms with Gasteiger partial charge in [-0.25, -0.2) is 0 Å². The van der Waals surface area contributed by atoms with Crippen molar-refractivity contribution in [3.05, 3.63) is 41.2 Å². The lowest BCUT2D eigenvalue weighted by atomic mass is 10.1. The maximum absolute atomic E-state index is 12.0. The van der Waals surface area contributed by atoms with Gasteiger partial charge in [-0.15, -0.1) is 0 Å². The molecule has 0 saturated carbocycles. The molecule has 0 unspecified atom stereocenters. The Morgan fingerprint density at radius 2 is 1.96 bits per heavy atom. The third-order valence-electron chi connectivity index (χ3n) is 3.66. The smallest absolute Gasteiger partial charge is 0.310 e. The second kappa shape index (κ2) is 7.63. The Morgan fingerprint density at radius 3 is 2.58 bits per heavy atom. The van der Waals surface area contributed by atoms with Crippen LogP contribution in [0.3, 0.4) is 0 Å². The summed E-state index contributed by atoms with van der Waals surface area (Å²) in [4.78, 5) is 23.9. The molecule has 24 heavy (non-hydrogen) atoms. The van der Waals surface area contributed by atoms with Crippen molar-refractivity contribution in [3.8, 4) is 5.75 Å². The summed E-state index contributed by atoms with van der Waals surface area (Å²) in [6, 6.07) is 7.18. The molecule has 7 heteroatoms. The van der Waals surface area contributed by atoms with Crippen molar-refractivity contribution in [2.45, 2.75) is 20.3 Å². The molecule has 2 aromatic rings. The van der Waals surface area contributed by atoms with E-state index in [0.717, 1.165) is 5.69 Å². The van der Waals surface area contributed by atoms with Gasteiger partial charge in [-0.05, 0) is 19.9 Å². The van der Waals surface area contributed by atoms with E-state index in [2.05, 4.69) is 10.4 Å². The van der Waals surface area contributed by atoms with Crippen LogP contribution in [0.1, 0.15) is 17.0 Å². The molecule has 1 amide bonds. The number of benzene rings is 1. The SMILES string of the molecule is COc1ccccc1CC(=O)OCC(=O)Nc1c(C)nn(C)c1C. The number of aryl methyl sites for hydroxylation is 2. The molecule has 1 aromatic carbocycles. The molecule has 0 atom stereocenters. The summed E-state index contributed by atoms with van der Waals surface area (Å²) in [6.45, 7) is 3.31. The Hall–Kier alpha value is -2.83. The first kappa shape index (κ1) is 17.5. The summed E-state index contributed by atoms with van der Waals surface area (Å²) in [5.41, 5.74) is 2.90. The molecular weight excluding hydrogens is 310 g/mol. The first-order valence-electron chi connectivity index (χ1n) is 7.50. The lowest BCUT2D eigenvalue weighted by Gasteiger charge is -2.09. The van der Waals surface area contributed by atoms with Gasteiger partial charge in [-0.2, -0.15) is 5.10 Å². The van der Waals surface area contributed by atoms with Crippen LogP contribution in [-0.2, 0) is 27.8 Å². The average molecular weight is 331 g/mol. The molecule has 0 saturated heterocycles. The van der Waals surface area contributed by atoms with Gasteiger partial charge >= 0.3 is 5.97 Å². The van der Waals surface area contributed by atoms with Crippen LogP contribution in [0.2, 0.25) is 0 Å². The Morgan fingerprint density at radius 1 is 1.25 bits per heavy atom. The van der Waals surface area contributed by atoms with E-state index in [0.29, 0.717) is 22.7 Å². The van der Waals surface area contributed by atoms with Crippen molar-refractivity contribution < 1.29 is 19.1 Å². The summed E-state index contributed by atoms with van der Waals surface area (Å²) in [7, 11) is 3.33. The predicted molar refractivity (Wildman–Crippen MR) is 89.0 cm³/mol. The van der Waals surface area contributed by atoms with Crippen molar-refractivity contribution in [1.82, 2.24) is 9.78 Å². The molecular formula is C17H21N3O4. The van der Waals surface area contributed by atoms with Gasteiger partial charge in [-0.3, -0.25) is 14.3 Å². The second-order valence-electron chi connectivity index (χ2n) is 5.37. The summed E-state index contributed by atoms with van der Waals surface area (Å²) in [5, 5.41) is 6.93. The number of amides is 1. The normalized spacial score (nSPS) is 10.3. The van der Waals surface area contributed by atoms with Crippen LogP contribution in [0.4, 0.5) is 5.69 Å². The number of anilines is 1. The van der Waals surface area contributed by atoms with E-state index in [1.165, 1.54) is 7.11 Å². The van der Waals surface area contributed by atoms with E-state index in [-0.39, 0.29) is 13.0 Å². The monoisotopic (exact) mass is 331 g/mol. The van der Waals surface area contributed by atoms with E-state index in [4.69, 9.17) is 9.47 Å². The number of esters is 1. The molecule has 0 aliphatic rings. The summed E-state index contributed by atoms with van der Waals surface area (Å²) < 4.78 is 11.9. The van der Waals surface area contributed by atoms with Gasteiger partial charge in [0.2, 0.25) is 0 Å². The molecule has 0 aliphatic carbocycles. The highest BCUT2D eigenvalue weighted by Gasteiger charge is 2.15. The topological polar surface area (TPSA) is 82.4 Å². The maximum atomic E-state index is 12.0. The lowest BCUT2D eigenvalue weighted by Crippen LogP contribution is -2.22. The summed E-state index contributed by atoms with van der Waals surface area (Å²) in [6.07, 6.45) is 0.0439. The second-order valence-corrected chi connectivity index (χ2v) is 5.37. The van der Waals surface area contributed by atoms with Gasteiger partial charge in [0.05, 0.1) is 30.6 Å². The number of nitrogens with one attached hydrogen (secondary N) is 1. The van der Waals surface area contributed by atoms with E-state index in [1.54, 1.807) is 30.8 Å². The molecule has 0 aliphatic heterocycles. The Balaban J connectivity index is 1.88. The van der Waals surface area contributed by atoms with Crippen molar-refractivity contribution in [2.24, 2.45) is 7.05 Å². The number of para-hydroxylation sites is 1. The highest BCUT2D eigenvalue weighted by Crippen LogP contribution is 2.19. The molecule has 128 valence electrons. The first-order valence-corrected chi connectivity index (χ1v) is 7.50. The number of nitrogens with zero attached hydrogens (tertiary/aromatic N) is 2. The van der Waals surface area contributed by atoms with Crippen molar-refractivity contribution in [1.29, 1.82) is 0 Å². The van der Waals surface area contributed by atoms with Crippen LogP contribution < -0.4 is 10.1 Å². The van der Waals surface area contributed by atoms with Crippen molar-refractivity contribution in [3.63, 3.8) is 0 Å². The predicted octanol–water partition coefficient (Wildman–Crippen LogP) is 1.77. The number of methoxy groups -OCH3 is 1. The molecule has 0 radical (unpaired) electrons. The minimum absolute atomic E-state index is 0.0439. The van der Waals surface area contributed by atoms with Gasteiger partial charge < -0.3 is 14.8 Å². The van der Waals surface area contributed by atoms with Crippen LogP contribution >= 0.6 is 0 Å². The Bertz CT molecular complexity index is 752. The average Bonchev–Trinajstić information content (AvgIpc) is 2.80. The number of carbonyl (C=O) groups is 2. The standard InChI is InChI=1S/C17H21N3O4/c1-11-17(12(2)20(3)19-11)18-15(21)10-24-16(22)9-13-7-5-6-8-14(13)23-4/h5-8H,9-10H2,1-4H3,(H,18,21). The minimum Gasteiger partial charge on any atom is -0.496 e. The number of hydrogen-bond donors (Lipinski definition) is 1. The van der Waals surface area contributed by atoms with Gasteiger partial charge in [0.25, 0.3) is 5.91 Å². The fourth-order valence-electron chi connectivity index (χ4n) is 2.33. The van der Waals surface area contributed by atoms with Crippen molar-refractivity contribution in [2.75, 3.05) is 19.0 Å². The molecule has 1 aromatic heterocycles. The summed E-state index contributed by atoms with van der Waals surface area (Å²) in [5.74, 6) is -0.280. The van der Waals surface area contributed by atoms with Crippen LogP contribution in [0.25, 0.3) is 0 Å². The van der Waals surface area contributed by atoms with Gasteiger partial charge in [-0.1, -0.05) is 18.2 Å². The number of hydrogen-bond acceptors (Lipinski definition) is 5. The number of rotatable bonds is 6. The first-order chi connectivity index (χ1) is 11.4. The Kier molecular flexibility index (Phi) is 5.57. The minimum atomic E-state index is -0.491. The van der Waals surface area contributed by atoms with E-state index in [1.807, 2.05) is 19.1 Å². The molecule has 1 heterocycles. The molecule has 0 spiro atoms. The quantitative estimate of drug-likeness (QED) is 0.816. The maximum Gasteiger partial charge on any atom is 0.310 e. The highest BCUT2D eigenvalue weighted by atomic mass is 16.5. The van der Waals surface area contributed by atoms with Gasteiger partial charge in [0.1, 0.15) is 5.75 Å². The van der Waals surface area contributed by atoms with Gasteiger partial charge in [0.15, 0.2) is 6.61 Å². The van der Waals surface area contributed by atoms with Gasteiger partial charge in [0, 0.05) is 12.6 Å². The van der Waals surface area contributed by atoms with Crippen LogP contribution in [0.5, 0.6) is 5.75 Å². The molecule has 7 nitrogen and oxygen atoms in total. The third-order valence-corrected chi connectivity index (χ3v) is 3.66. The lowest BCUT2D eigenvalue weighted by molar-refractivity contribution is -0.146. The van der Waals surface area contributed by atoms with Crippen LogP contribution in [0, 0.1) is 13.8 Å².